The highest BCUT2D eigenvalue weighted by Crippen LogP contribution is 2.35. The lowest BCUT2D eigenvalue weighted by Gasteiger charge is -2.21. The number of nitrogens with zero attached hydrogens (tertiary/aromatic N) is 1. The van der Waals surface area contributed by atoms with Crippen molar-refractivity contribution in [2.24, 2.45) is 0 Å². The average molecular weight is 285 g/mol. The van der Waals surface area contributed by atoms with E-state index in [1.807, 2.05) is 6.92 Å². The van der Waals surface area contributed by atoms with Crippen molar-refractivity contribution in [3.63, 3.8) is 0 Å². The Bertz CT molecular complexity index is 561. The summed E-state index contributed by atoms with van der Waals surface area (Å²) in [5.74, 6) is -0.897. The van der Waals surface area contributed by atoms with E-state index in [1.165, 1.54) is 17.0 Å². The normalized spacial score (nSPS) is 19.9. The Hall–Kier alpha value is -1.98. The molecule has 0 aliphatic carbocycles. The topological polar surface area (TPSA) is 40.5 Å². The van der Waals surface area contributed by atoms with Crippen molar-refractivity contribution in [1.29, 1.82) is 0 Å². The minimum absolute atomic E-state index is 0.320. The van der Waals surface area contributed by atoms with Crippen molar-refractivity contribution in [2.45, 2.75) is 25.6 Å². The Morgan fingerprint density at radius 2 is 1.80 bits per heavy atom. The molecule has 6 heteroatoms. The maximum Gasteiger partial charge on any atom is 0.416 e. The Balaban J connectivity index is 2.43. The number of likely N-dealkylation sites (N-methyl/N-ethyl adjacent to an activating group) is 1. The summed E-state index contributed by atoms with van der Waals surface area (Å²) in [5, 5.41) is 9.88. The number of alkyl halides is 3. The fourth-order valence-corrected chi connectivity index (χ4v) is 2.42. The SMILES string of the molecule is CCC1C(c2ccc(C(F)(F)F)cc2)=C(O)C(=O)N1C. The number of rotatable bonds is 2. The third-order valence-corrected chi connectivity index (χ3v) is 3.49. The van der Waals surface area contributed by atoms with Gasteiger partial charge in [-0.15, -0.1) is 0 Å². The highest BCUT2D eigenvalue weighted by Gasteiger charge is 2.37. The second kappa shape index (κ2) is 4.85. The first kappa shape index (κ1) is 14.4. The van der Waals surface area contributed by atoms with Gasteiger partial charge in [-0.25, -0.2) is 0 Å². The molecule has 0 radical (unpaired) electrons. The van der Waals surface area contributed by atoms with Gasteiger partial charge in [0.1, 0.15) is 0 Å². The minimum Gasteiger partial charge on any atom is -0.503 e. The van der Waals surface area contributed by atoms with Crippen molar-refractivity contribution in [2.75, 3.05) is 7.05 Å². The third-order valence-electron chi connectivity index (χ3n) is 3.49. The maximum atomic E-state index is 12.5. The van der Waals surface area contributed by atoms with Gasteiger partial charge in [0, 0.05) is 12.6 Å². The van der Waals surface area contributed by atoms with E-state index in [-0.39, 0.29) is 11.8 Å². The van der Waals surface area contributed by atoms with Crippen LogP contribution in [0.1, 0.15) is 24.5 Å². The highest BCUT2D eigenvalue weighted by atomic mass is 19.4. The number of halogens is 3. The lowest BCUT2D eigenvalue weighted by Crippen LogP contribution is -2.30. The predicted molar refractivity (Wildman–Crippen MR) is 67.8 cm³/mol. The van der Waals surface area contributed by atoms with Crippen molar-refractivity contribution in [3.8, 4) is 0 Å². The van der Waals surface area contributed by atoms with Crippen LogP contribution in [0.25, 0.3) is 5.57 Å². The first-order valence-corrected chi connectivity index (χ1v) is 6.15. The number of amides is 1. The molecule has 1 aromatic rings. The first-order valence-electron chi connectivity index (χ1n) is 6.15. The molecule has 0 saturated heterocycles. The zero-order valence-corrected chi connectivity index (χ0v) is 11.0. The molecule has 0 aromatic heterocycles. The van der Waals surface area contributed by atoms with Crippen LogP contribution in [0.5, 0.6) is 0 Å². The van der Waals surface area contributed by atoms with Crippen LogP contribution in [-0.4, -0.2) is 29.0 Å². The molecule has 1 aliphatic heterocycles. The smallest absolute Gasteiger partial charge is 0.416 e. The van der Waals surface area contributed by atoms with Crippen LogP contribution < -0.4 is 0 Å². The second-order valence-corrected chi connectivity index (χ2v) is 4.68. The van der Waals surface area contributed by atoms with Gasteiger partial charge in [0.15, 0.2) is 5.76 Å². The number of aliphatic hydroxyl groups is 1. The molecule has 0 spiro atoms. The van der Waals surface area contributed by atoms with Gasteiger partial charge in [-0.1, -0.05) is 19.1 Å². The largest absolute Gasteiger partial charge is 0.503 e. The van der Waals surface area contributed by atoms with E-state index in [1.54, 1.807) is 7.05 Å². The molecule has 1 unspecified atom stereocenters. The van der Waals surface area contributed by atoms with Crippen LogP contribution in [-0.2, 0) is 11.0 Å². The standard InChI is InChI=1S/C14H14F3NO2/c1-3-10-11(12(19)13(20)18(10)2)8-4-6-9(7-5-8)14(15,16)17/h4-7,10,19H,3H2,1-2H3. The van der Waals surface area contributed by atoms with Gasteiger partial charge in [0.05, 0.1) is 11.6 Å². The molecule has 1 amide bonds. The first-order chi connectivity index (χ1) is 9.27. The Kier molecular flexibility index (Phi) is 3.50. The van der Waals surface area contributed by atoms with Gasteiger partial charge in [0.2, 0.25) is 0 Å². The molecule has 1 aromatic carbocycles. The van der Waals surface area contributed by atoms with Crippen LogP contribution >= 0.6 is 0 Å². The Morgan fingerprint density at radius 1 is 1.25 bits per heavy atom. The lowest BCUT2D eigenvalue weighted by atomic mass is 9.96. The number of hydrogen-bond acceptors (Lipinski definition) is 2. The summed E-state index contributed by atoms with van der Waals surface area (Å²) < 4.78 is 37.6. The van der Waals surface area contributed by atoms with E-state index in [2.05, 4.69) is 0 Å². The van der Waals surface area contributed by atoms with Gasteiger partial charge < -0.3 is 10.0 Å². The van der Waals surface area contributed by atoms with E-state index in [4.69, 9.17) is 0 Å². The van der Waals surface area contributed by atoms with Crippen molar-refractivity contribution in [1.82, 2.24) is 4.90 Å². The van der Waals surface area contributed by atoms with Crippen LogP contribution in [0.2, 0.25) is 0 Å². The summed E-state index contributed by atoms with van der Waals surface area (Å²) in [7, 11) is 1.56. The molecule has 0 bridgehead atoms. The summed E-state index contributed by atoms with van der Waals surface area (Å²) >= 11 is 0. The summed E-state index contributed by atoms with van der Waals surface area (Å²) in [6.45, 7) is 1.84. The molecule has 1 aliphatic rings. The molecule has 0 saturated carbocycles. The van der Waals surface area contributed by atoms with Crippen molar-refractivity contribution in [3.05, 3.63) is 41.2 Å². The van der Waals surface area contributed by atoms with Crippen molar-refractivity contribution < 1.29 is 23.1 Å². The number of hydrogen-bond donors (Lipinski definition) is 1. The molecule has 2 rings (SSSR count). The van der Waals surface area contributed by atoms with Gasteiger partial charge in [-0.3, -0.25) is 4.79 Å². The van der Waals surface area contributed by atoms with Crippen LogP contribution in [0.4, 0.5) is 13.2 Å². The summed E-state index contributed by atoms with van der Waals surface area (Å²) in [4.78, 5) is 13.1. The molecule has 3 nitrogen and oxygen atoms in total. The van der Waals surface area contributed by atoms with E-state index in [0.717, 1.165) is 12.1 Å². The van der Waals surface area contributed by atoms with Gasteiger partial charge in [-0.05, 0) is 24.1 Å². The average Bonchev–Trinajstić information content (AvgIpc) is 2.62. The molecule has 1 N–H and O–H groups in total. The minimum atomic E-state index is -4.40. The van der Waals surface area contributed by atoms with Gasteiger partial charge in [0.25, 0.3) is 5.91 Å². The van der Waals surface area contributed by atoms with Crippen molar-refractivity contribution >= 4 is 11.5 Å². The number of carbonyl (C=O) groups is 1. The summed E-state index contributed by atoms with van der Waals surface area (Å²) in [5.41, 5.74) is 0.0563. The number of carbonyl (C=O) groups excluding carboxylic acids is 1. The van der Waals surface area contributed by atoms with E-state index in [9.17, 15) is 23.1 Å². The Labute approximate surface area is 114 Å². The fraction of sp³-hybridized carbons (Fsp3) is 0.357. The summed E-state index contributed by atoms with van der Waals surface area (Å²) in [6.07, 6.45) is -3.83. The van der Waals surface area contributed by atoms with Gasteiger partial charge >= 0.3 is 6.18 Å². The molecule has 20 heavy (non-hydrogen) atoms. The molecular formula is C14H14F3NO2. The molecule has 108 valence electrons. The lowest BCUT2D eigenvalue weighted by molar-refractivity contribution is -0.137. The third kappa shape index (κ3) is 2.26. The molecule has 1 heterocycles. The van der Waals surface area contributed by atoms with E-state index in [0.29, 0.717) is 17.6 Å². The molecular weight excluding hydrogens is 271 g/mol. The fourth-order valence-electron chi connectivity index (χ4n) is 2.42. The zero-order valence-electron chi connectivity index (χ0n) is 11.0. The molecule has 1 atom stereocenters. The number of aliphatic hydroxyl groups excluding tert-OH is 1. The highest BCUT2D eigenvalue weighted by molar-refractivity contribution is 6.04. The summed E-state index contributed by atoms with van der Waals surface area (Å²) in [6, 6.07) is 4.14. The maximum absolute atomic E-state index is 12.5. The Morgan fingerprint density at radius 3 is 2.25 bits per heavy atom. The van der Waals surface area contributed by atoms with E-state index < -0.39 is 17.6 Å². The van der Waals surface area contributed by atoms with Crippen LogP contribution in [0.3, 0.4) is 0 Å². The molecule has 0 fully saturated rings. The van der Waals surface area contributed by atoms with Gasteiger partial charge in [-0.2, -0.15) is 13.2 Å². The second-order valence-electron chi connectivity index (χ2n) is 4.68. The monoisotopic (exact) mass is 285 g/mol. The zero-order chi connectivity index (χ0) is 15.1. The number of benzene rings is 1. The predicted octanol–water partition coefficient (Wildman–Crippen LogP) is 3.23. The van der Waals surface area contributed by atoms with Crippen LogP contribution in [0, 0.1) is 0 Å². The van der Waals surface area contributed by atoms with E-state index >= 15 is 0 Å². The van der Waals surface area contributed by atoms with Crippen LogP contribution in [0.15, 0.2) is 30.0 Å². The quantitative estimate of drug-likeness (QED) is 0.906.